The first kappa shape index (κ1) is 20.9. The first-order valence-electron chi connectivity index (χ1n) is 9.29. The number of halogens is 2. The molecule has 0 aliphatic carbocycles. The van der Waals surface area contributed by atoms with Gasteiger partial charge in [-0.1, -0.05) is 31.1 Å². The Morgan fingerprint density at radius 3 is 2.81 bits per heavy atom. The molecule has 1 amide bonds. The Kier molecular flexibility index (Phi) is 7.78. The lowest BCUT2D eigenvalue weighted by Gasteiger charge is -2.39. The van der Waals surface area contributed by atoms with Crippen molar-refractivity contribution in [2.75, 3.05) is 13.1 Å². The van der Waals surface area contributed by atoms with Gasteiger partial charge in [-0.05, 0) is 37.2 Å². The number of imidazole rings is 1. The molecule has 0 bridgehead atoms. The highest BCUT2D eigenvalue weighted by atomic mass is 19.3. The van der Waals surface area contributed by atoms with Crippen LogP contribution in [-0.4, -0.2) is 39.9 Å². The highest BCUT2D eigenvalue weighted by Crippen LogP contribution is 2.36. The van der Waals surface area contributed by atoms with E-state index in [1.807, 2.05) is 30.8 Å². The predicted octanol–water partition coefficient (Wildman–Crippen LogP) is 3.85. The average molecular weight is 375 g/mol. The van der Waals surface area contributed by atoms with Crippen LogP contribution in [-0.2, 0) is 17.8 Å². The molecule has 1 aliphatic heterocycles. The molecule has 1 aromatic heterocycles. The summed E-state index contributed by atoms with van der Waals surface area (Å²) in [4.78, 5) is 16.9. The van der Waals surface area contributed by atoms with E-state index >= 15 is 0 Å². The van der Waals surface area contributed by atoms with E-state index in [-0.39, 0.29) is 5.41 Å². The zero-order valence-corrected chi connectivity index (χ0v) is 15.8. The number of likely N-dealkylation sites (tertiary alicyclic amines) is 1. The van der Waals surface area contributed by atoms with Gasteiger partial charge in [-0.2, -0.15) is 8.78 Å². The van der Waals surface area contributed by atoms with E-state index in [0.29, 0.717) is 13.1 Å². The van der Waals surface area contributed by atoms with Gasteiger partial charge in [0.25, 0.3) is 5.91 Å². The second-order valence-electron chi connectivity index (χ2n) is 7.28. The summed E-state index contributed by atoms with van der Waals surface area (Å²) in [6.45, 7) is 3.91. The molecule has 0 saturated carbocycles. The Morgan fingerprint density at radius 1 is 1.41 bits per heavy atom. The molecule has 146 valence electrons. The molecule has 1 aliphatic rings. The van der Waals surface area contributed by atoms with Crippen molar-refractivity contribution in [1.82, 2.24) is 14.5 Å². The Labute approximate surface area is 160 Å². The second-order valence-corrected chi connectivity index (χ2v) is 7.28. The minimum atomic E-state index is -2.90. The van der Waals surface area contributed by atoms with Gasteiger partial charge in [0.1, 0.15) is 0 Å². The van der Waals surface area contributed by atoms with E-state index in [4.69, 9.17) is 6.42 Å². The summed E-state index contributed by atoms with van der Waals surface area (Å²) in [6.07, 6.45) is 17.7. The third-order valence-electron chi connectivity index (χ3n) is 5.21. The van der Waals surface area contributed by atoms with Crippen LogP contribution < -0.4 is 0 Å². The number of hydrogen-bond donors (Lipinski definition) is 0. The van der Waals surface area contributed by atoms with Gasteiger partial charge in [0, 0.05) is 37.9 Å². The molecule has 2 rings (SSSR count). The standard InChI is InChI=1S/C21H27F2N3O/c1-3-4-5-6-7-9-18-16-24-17-26(18)13-8-10-21(2)11-14-25(15-12-21)20(27)19(22)23/h1,4-7,16-17,19H,8-15H2,2H3/b5-4-,7-6-. The number of amides is 1. The number of hydrogen-bond acceptors (Lipinski definition) is 2. The molecule has 0 aromatic carbocycles. The minimum absolute atomic E-state index is 0.0968. The van der Waals surface area contributed by atoms with E-state index in [0.717, 1.165) is 44.3 Å². The van der Waals surface area contributed by atoms with Crippen LogP contribution in [0.5, 0.6) is 0 Å². The van der Waals surface area contributed by atoms with Crippen molar-refractivity contribution in [2.45, 2.75) is 52.0 Å². The van der Waals surface area contributed by atoms with E-state index < -0.39 is 12.3 Å². The van der Waals surface area contributed by atoms with Crippen molar-refractivity contribution < 1.29 is 13.6 Å². The lowest BCUT2D eigenvalue weighted by atomic mass is 9.76. The van der Waals surface area contributed by atoms with Gasteiger partial charge in [-0.25, -0.2) is 4.98 Å². The molecule has 0 atom stereocenters. The first-order chi connectivity index (χ1) is 12.9. The minimum Gasteiger partial charge on any atom is -0.338 e. The third kappa shape index (κ3) is 6.35. The van der Waals surface area contributed by atoms with Crippen molar-refractivity contribution in [1.29, 1.82) is 0 Å². The maximum absolute atomic E-state index is 12.5. The van der Waals surface area contributed by atoms with Crippen LogP contribution in [0.2, 0.25) is 0 Å². The number of alkyl halides is 2. The molecule has 0 N–H and O–H groups in total. The van der Waals surface area contributed by atoms with Gasteiger partial charge in [0.2, 0.25) is 0 Å². The normalized spacial score (nSPS) is 17.1. The van der Waals surface area contributed by atoms with Crippen LogP contribution in [0.4, 0.5) is 8.78 Å². The Bertz CT molecular complexity index is 707. The SMILES string of the molecule is C#C/C=C\C=C/Cc1cncn1CCCC1(C)CCN(C(=O)C(F)F)CC1. The number of carbonyl (C=O) groups is 1. The lowest BCUT2D eigenvalue weighted by Crippen LogP contribution is -2.44. The van der Waals surface area contributed by atoms with Gasteiger partial charge in [0.15, 0.2) is 0 Å². The number of allylic oxidation sites excluding steroid dienone is 4. The fourth-order valence-corrected chi connectivity index (χ4v) is 3.43. The number of aromatic nitrogens is 2. The largest absolute Gasteiger partial charge is 0.338 e. The van der Waals surface area contributed by atoms with Crippen molar-refractivity contribution >= 4 is 5.91 Å². The molecule has 1 saturated heterocycles. The smallest absolute Gasteiger partial charge is 0.315 e. The van der Waals surface area contributed by atoms with Gasteiger partial charge >= 0.3 is 6.43 Å². The van der Waals surface area contributed by atoms with E-state index in [1.54, 1.807) is 6.08 Å². The van der Waals surface area contributed by atoms with Crippen molar-refractivity contribution in [3.05, 3.63) is 42.5 Å². The van der Waals surface area contributed by atoms with Crippen LogP contribution in [0.25, 0.3) is 0 Å². The molecule has 0 radical (unpaired) electrons. The fraction of sp³-hybridized carbons (Fsp3) is 0.524. The highest BCUT2D eigenvalue weighted by molar-refractivity contribution is 5.79. The molecule has 1 fully saturated rings. The van der Waals surface area contributed by atoms with E-state index in [9.17, 15) is 13.6 Å². The summed E-state index contributed by atoms with van der Waals surface area (Å²) in [5.41, 5.74) is 1.24. The van der Waals surface area contributed by atoms with Crippen LogP contribution >= 0.6 is 0 Å². The summed E-state index contributed by atoms with van der Waals surface area (Å²) in [7, 11) is 0. The van der Waals surface area contributed by atoms with Gasteiger partial charge < -0.3 is 9.47 Å². The zero-order valence-electron chi connectivity index (χ0n) is 15.8. The number of carbonyl (C=O) groups excluding carboxylic acids is 1. The molecule has 6 heteroatoms. The maximum atomic E-state index is 12.5. The van der Waals surface area contributed by atoms with Crippen LogP contribution in [0.3, 0.4) is 0 Å². The third-order valence-corrected chi connectivity index (χ3v) is 5.21. The van der Waals surface area contributed by atoms with E-state index in [2.05, 4.69) is 22.4 Å². The first-order valence-corrected chi connectivity index (χ1v) is 9.29. The molecule has 0 unspecified atom stereocenters. The number of terminal acetylenes is 1. The average Bonchev–Trinajstić information content (AvgIpc) is 3.09. The summed E-state index contributed by atoms with van der Waals surface area (Å²) in [5, 5.41) is 0. The number of rotatable bonds is 8. The topological polar surface area (TPSA) is 38.1 Å². The summed E-state index contributed by atoms with van der Waals surface area (Å²) < 4.78 is 27.2. The number of piperidine rings is 1. The van der Waals surface area contributed by atoms with Crippen molar-refractivity contribution in [2.24, 2.45) is 5.41 Å². The van der Waals surface area contributed by atoms with Crippen LogP contribution in [0.15, 0.2) is 36.8 Å². The quantitative estimate of drug-likeness (QED) is 0.511. The fourth-order valence-electron chi connectivity index (χ4n) is 3.43. The zero-order chi connectivity index (χ0) is 19.7. The lowest BCUT2D eigenvalue weighted by molar-refractivity contribution is -0.145. The summed E-state index contributed by atoms with van der Waals surface area (Å²) in [5.74, 6) is 1.40. The number of aryl methyl sites for hydroxylation is 1. The summed E-state index contributed by atoms with van der Waals surface area (Å²) >= 11 is 0. The molecule has 4 nitrogen and oxygen atoms in total. The second kappa shape index (κ2) is 10.1. The van der Waals surface area contributed by atoms with Gasteiger partial charge in [-0.3, -0.25) is 4.79 Å². The molecular weight excluding hydrogens is 348 g/mol. The van der Waals surface area contributed by atoms with Crippen molar-refractivity contribution in [3.63, 3.8) is 0 Å². The number of nitrogens with zero attached hydrogens (tertiary/aromatic N) is 3. The highest BCUT2D eigenvalue weighted by Gasteiger charge is 2.33. The monoisotopic (exact) mass is 375 g/mol. The van der Waals surface area contributed by atoms with Crippen LogP contribution in [0, 0.1) is 17.8 Å². The Morgan fingerprint density at radius 2 is 2.15 bits per heavy atom. The predicted molar refractivity (Wildman–Crippen MR) is 102 cm³/mol. The van der Waals surface area contributed by atoms with Gasteiger partial charge in [-0.15, -0.1) is 6.42 Å². The molecular formula is C21H27F2N3O. The maximum Gasteiger partial charge on any atom is 0.315 e. The van der Waals surface area contributed by atoms with Crippen molar-refractivity contribution in [3.8, 4) is 12.3 Å². The summed E-state index contributed by atoms with van der Waals surface area (Å²) in [6, 6.07) is 0. The Hall–Kier alpha value is -2.42. The molecule has 27 heavy (non-hydrogen) atoms. The van der Waals surface area contributed by atoms with Crippen LogP contribution in [0.1, 0.15) is 38.3 Å². The Balaban J connectivity index is 1.78. The van der Waals surface area contributed by atoms with E-state index in [1.165, 1.54) is 4.90 Å². The van der Waals surface area contributed by atoms with Gasteiger partial charge in [0.05, 0.1) is 6.33 Å². The molecule has 0 spiro atoms. The molecule has 2 heterocycles. The molecule has 1 aromatic rings.